The zero-order valence-corrected chi connectivity index (χ0v) is 8.80. The van der Waals surface area contributed by atoms with Crippen molar-refractivity contribution in [3.8, 4) is 0 Å². The molecule has 13 heavy (non-hydrogen) atoms. The van der Waals surface area contributed by atoms with Crippen LogP contribution in [-0.4, -0.2) is 19.3 Å². The van der Waals surface area contributed by atoms with Crippen LogP contribution in [0, 0.1) is 0 Å². The van der Waals surface area contributed by atoms with Crippen LogP contribution in [0.1, 0.15) is 6.42 Å². The van der Waals surface area contributed by atoms with E-state index in [9.17, 15) is 4.39 Å². The lowest BCUT2D eigenvalue weighted by atomic mass is 10.3. The summed E-state index contributed by atoms with van der Waals surface area (Å²) in [5.41, 5.74) is 1.11. The van der Waals surface area contributed by atoms with Crippen molar-refractivity contribution in [1.29, 1.82) is 0 Å². The van der Waals surface area contributed by atoms with Crippen LogP contribution >= 0.6 is 15.9 Å². The van der Waals surface area contributed by atoms with E-state index < -0.39 is 6.17 Å². The van der Waals surface area contributed by atoms with E-state index in [0.717, 1.165) is 16.7 Å². The quantitative estimate of drug-likeness (QED) is 0.734. The lowest BCUT2D eigenvalue weighted by molar-refractivity contribution is 0.364. The molecule has 1 fully saturated rings. The number of benzene rings is 1. The maximum atomic E-state index is 12.9. The average molecular weight is 244 g/mol. The summed E-state index contributed by atoms with van der Waals surface area (Å²) >= 11 is 3.40. The van der Waals surface area contributed by atoms with Gasteiger partial charge in [0.2, 0.25) is 0 Å². The second kappa shape index (κ2) is 3.66. The van der Waals surface area contributed by atoms with Crippen molar-refractivity contribution in [3.05, 3.63) is 28.7 Å². The van der Waals surface area contributed by atoms with Gasteiger partial charge in [-0.3, -0.25) is 0 Å². The SMILES string of the molecule is F[C@@H]1CCN(c2cccc(Br)c2)C1. The first-order valence-corrected chi connectivity index (χ1v) is 5.19. The van der Waals surface area contributed by atoms with Gasteiger partial charge in [0.25, 0.3) is 0 Å². The van der Waals surface area contributed by atoms with Crippen LogP contribution in [0.3, 0.4) is 0 Å². The van der Waals surface area contributed by atoms with Gasteiger partial charge in [-0.25, -0.2) is 4.39 Å². The minimum Gasteiger partial charge on any atom is -0.368 e. The lowest BCUT2D eigenvalue weighted by Gasteiger charge is -2.17. The van der Waals surface area contributed by atoms with Crippen LogP contribution in [0.25, 0.3) is 0 Å². The molecule has 1 aromatic carbocycles. The fraction of sp³-hybridized carbons (Fsp3) is 0.400. The van der Waals surface area contributed by atoms with Gasteiger partial charge < -0.3 is 4.90 Å². The van der Waals surface area contributed by atoms with Crippen LogP contribution in [0.5, 0.6) is 0 Å². The Morgan fingerprint density at radius 1 is 1.46 bits per heavy atom. The van der Waals surface area contributed by atoms with Crippen LogP contribution in [0.15, 0.2) is 28.7 Å². The summed E-state index contributed by atoms with van der Waals surface area (Å²) in [6.07, 6.45) is 0.00552. The molecule has 0 spiro atoms. The van der Waals surface area contributed by atoms with Crippen LogP contribution in [0.4, 0.5) is 10.1 Å². The molecule has 0 aliphatic carbocycles. The largest absolute Gasteiger partial charge is 0.368 e. The highest BCUT2D eigenvalue weighted by Gasteiger charge is 2.21. The molecule has 0 radical (unpaired) electrons. The maximum Gasteiger partial charge on any atom is 0.119 e. The van der Waals surface area contributed by atoms with E-state index in [1.165, 1.54) is 0 Å². The zero-order chi connectivity index (χ0) is 9.26. The summed E-state index contributed by atoms with van der Waals surface area (Å²) in [5, 5.41) is 0. The van der Waals surface area contributed by atoms with Crippen molar-refractivity contribution in [3.63, 3.8) is 0 Å². The number of nitrogens with zero attached hydrogens (tertiary/aromatic N) is 1. The van der Waals surface area contributed by atoms with Gasteiger partial charge in [-0.2, -0.15) is 0 Å². The fourth-order valence-corrected chi connectivity index (χ4v) is 2.01. The molecule has 0 aromatic heterocycles. The monoisotopic (exact) mass is 243 g/mol. The van der Waals surface area contributed by atoms with E-state index in [2.05, 4.69) is 20.8 Å². The van der Waals surface area contributed by atoms with Crippen molar-refractivity contribution in [2.45, 2.75) is 12.6 Å². The first-order chi connectivity index (χ1) is 6.25. The molecule has 1 aliphatic rings. The molecule has 0 bridgehead atoms. The number of alkyl halides is 1. The van der Waals surface area contributed by atoms with Crippen LogP contribution in [0.2, 0.25) is 0 Å². The second-order valence-corrected chi connectivity index (χ2v) is 4.23. The van der Waals surface area contributed by atoms with Crippen molar-refractivity contribution in [2.75, 3.05) is 18.0 Å². The minimum absolute atomic E-state index is 0.538. The summed E-state index contributed by atoms with van der Waals surface area (Å²) in [6.45, 7) is 1.37. The summed E-state index contributed by atoms with van der Waals surface area (Å²) in [4.78, 5) is 2.08. The number of hydrogen-bond donors (Lipinski definition) is 0. The van der Waals surface area contributed by atoms with Crippen molar-refractivity contribution >= 4 is 21.6 Å². The Bertz CT molecular complexity index is 303. The minimum atomic E-state index is -0.654. The Kier molecular flexibility index (Phi) is 2.54. The Labute approximate surface area is 85.7 Å². The van der Waals surface area contributed by atoms with Crippen LogP contribution in [-0.2, 0) is 0 Å². The summed E-state index contributed by atoms with van der Waals surface area (Å²) in [6, 6.07) is 8.00. The Morgan fingerprint density at radius 3 is 2.92 bits per heavy atom. The van der Waals surface area contributed by atoms with Gasteiger partial charge in [-0.15, -0.1) is 0 Å². The molecule has 1 saturated heterocycles. The van der Waals surface area contributed by atoms with E-state index in [1.807, 2.05) is 24.3 Å². The molecule has 0 saturated carbocycles. The standard InChI is InChI=1S/C10H11BrFN/c11-8-2-1-3-10(6-8)13-5-4-9(12)7-13/h1-3,6,9H,4-5,7H2/t9-/m1/s1. The first-order valence-electron chi connectivity index (χ1n) is 4.40. The van der Waals surface area contributed by atoms with E-state index in [4.69, 9.17) is 0 Å². The van der Waals surface area contributed by atoms with Gasteiger partial charge in [0, 0.05) is 23.2 Å². The van der Waals surface area contributed by atoms with Crippen molar-refractivity contribution < 1.29 is 4.39 Å². The smallest absolute Gasteiger partial charge is 0.119 e. The van der Waals surface area contributed by atoms with E-state index in [-0.39, 0.29) is 0 Å². The lowest BCUT2D eigenvalue weighted by Crippen LogP contribution is -2.19. The highest BCUT2D eigenvalue weighted by atomic mass is 79.9. The molecule has 1 atom stereocenters. The van der Waals surface area contributed by atoms with E-state index >= 15 is 0 Å². The predicted octanol–water partition coefficient (Wildman–Crippen LogP) is 3.00. The molecule has 70 valence electrons. The van der Waals surface area contributed by atoms with Gasteiger partial charge in [0.05, 0.1) is 0 Å². The normalized spacial score (nSPS) is 22.3. The second-order valence-electron chi connectivity index (χ2n) is 3.31. The maximum absolute atomic E-state index is 12.9. The van der Waals surface area contributed by atoms with Crippen molar-refractivity contribution in [2.24, 2.45) is 0 Å². The number of halogens is 2. The van der Waals surface area contributed by atoms with Gasteiger partial charge in [0.15, 0.2) is 0 Å². The molecule has 1 aromatic rings. The Balaban J connectivity index is 2.16. The molecule has 3 heteroatoms. The molecule has 1 heterocycles. The summed E-state index contributed by atoms with van der Waals surface area (Å²) in [7, 11) is 0. The highest BCUT2D eigenvalue weighted by Crippen LogP contribution is 2.24. The van der Waals surface area contributed by atoms with Gasteiger partial charge in [-0.05, 0) is 24.6 Å². The molecule has 2 rings (SSSR count). The number of anilines is 1. The van der Waals surface area contributed by atoms with Crippen molar-refractivity contribution in [1.82, 2.24) is 0 Å². The Hall–Kier alpha value is -0.570. The third-order valence-corrected chi connectivity index (χ3v) is 2.80. The fourth-order valence-electron chi connectivity index (χ4n) is 1.62. The number of rotatable bonds is 1. The molecule has 0 amide bonds. The molecule has 1 nitrogen and oxygen atoms in total. The topological polar surface area (TPSA) is 3.24 Å². The van der Waals surface area contributed by atoms with E-state index in [0.29, 0.717) is 13.0 Å². The summed E-state index contributed by atoms with van der Waals surface area (Å²) in [5.74, 6) is 0. The highest BCUT2D eigenvalue weighted by molar-refractivity contribution is 9.10. The Morgan fingerprint density at radius 2 is 2.31 bits per heavy atom. The van der Waals surface area contributed by atoms with Gasteiger partial charge in [-0.1, -0.05) is 22.0 Å². The molecule has 1 aliphatic heterocycles. The third-order valence-electron chi connectivity index (χ3n) is 2.30. The first kappa shape index (κ1) is 9.00. The molecule has 0 unspecified atom stereocenters. The predicted molar refractivity (Wildman–Crippen MR) is 55.9 cm³/mol. The molecular weight excluding hydrogens is 233 g/mol. The summed E-state index contributed by atoms with van der Waals surface area (Å²) < 4.78 is 14.0. The molecule has 0 N–H and O–H groups in total. The zero-order valence-electron chi connectivity index (χ0n) is 7.21. The third kappa shape index (κ3) is 2.02. The molecular formula is C10H11BrFN. The van der Waals surface area contributed by atoms with E-state index in [1.54, 1.807) is 0 Å². The van der Waals surface area contributed by atoms with Gasteiger partial charge >= 0.3 is 0 Å². The van der Waals surface area contributed by atoms with Gasteiger partial charge in [0.1, 0.15) is 6.17 Å². The average Bonchev–Trinajstić information content (AvgIpc) is 2.52. The van der Waals surface area contributed by atoms with Crippen LogP contribution < -0.4 is 4.90 Å². The number of hydrogen-bond acceptors (Lipinski definition) is 1.